The number of hydrogen-bond acceptors (Lipinski definition) is 2. The van der Waals surface area contributed by atoms with Gasteiger partial charge < -0.3 is 15.7 Å². The Hall–Kier alpha value is -0.840. The van der Waals surface area contributed by atoms with Crippen LogP contribution in [-0.4, -0.2) is 28.3 Å². The minimum Gasteiger partial charge on any atom is -0.480 e. The Balaban J connectivity index is 2.38. The summed E-state index contributed by atoms with van der Waals surface area (Å²) in [7, 11) is 0. The molecule has 0 aliphatic heterocycles. The van der Waals surface area contributed by atoms with Crippen molar-refractivity contribution in [3.05, 3.63) is 0 Å². The normalized spacial score (nSPS) is 18.8. The molecule has 0 bridgehead atoms. The van der Waals surface area contributed by atoms with Gasteiger partial charge in [0, 0.05) is 6.04 Å². The summed E-state index contributed by atoms with van der Waals surface area (Å²) in [5.41, 5.74) is 0. The van der Waals surface area contributed by atoms with Crippen molar-refractivity contribution < 1.29 is 9.90 Å². The van der Waals surface area contributed by atoms with Crippen molar-refractivity contribution in [2.24, 2.45) is 5.92 Å². The molecule has 0 aromatic heterocycles. The molecule has 1 aliphatic rings. The van der Waals surface area contributed by atoms with Gasteiger partial charge in [0.1, 0.15) is 6.04 Å². The van der Waals surface area contributed by atoms with E-state index in [0.29, 0.717) is 11.2 Å². The second kappa shape index (κ2) is 6.79. The second-order valence-corrected chi connectivity index (χ2v) is 5.42. The monoisotopic (exact) mass is 258 g/mol. The molecule has 1 rings (SSSR count). The van der Waals surface area contributed by atoms with Crippen LogP contribution < -0.4 is 10.6 Å². The Labute approximate surface area is 108 Å². The van der Waals surface area contributed by atoms with E-state index < -0.39 is 12.0 Å². The van der Waals surface area contributed by atoms with Crippen LogP contribution >= 0.6 is 12.2 Å². The van der Waals surface area contributed by atoms with Gasteiger partial charge in [-0.25, -0.2) is 4.79 Å². The van der Waals surface area contributed by atoms with Crippen molar-refractivity contribution in [2.75, 3.05) is 0 Å². The Bertz CT molecular complexity index is 276. The van der Waals surface area contributed by atoms with E-state index in [0.717, 1.165) is 12.8 Å². The zero-order chi connectivity index (χ0) is 12.8. The standard InChI is InChI=1S/C12H22N2O2S/c1-8(2)10(11(15)16)14-12(17)13-9-6-4-3-5-7-9/h8-10H,3-7H2,1-2H3,(H,15,16)(H2,13,14,17). The van der Waals surface area contributed by atoms with E-state index in [4.69, 9.17) is 17.3 Å². The number of rotatable bonds is 4. The van der Waals surface area contributed by atoms with Crippen LogP contribution in [0.4, 0.5) is 0 Å². The molecule has 1 fully saturated rings. The molecule has 0 aromatic rings. The van der Waals surface area contributed by atoms with E-state index in [1.807, 2.05) is 13.8 Å². The highest BCUT2D eigenvalue weighted by atomic mass is 32.1. The topological polar surface area (TPSA) is 61.4 Å². The smallest absolute Gasteiger partial charge is 0.326 e. The molecule has 1 aliphatic carbocycles. The van der Waals surface area contributed by atoms with Gasteiger partial charge in [-0.05, 0) is 31.0 Å². The Morgan fingerprint density at radius 3 is 2.35 bits per heavy atom. The maximum Gasteiger partial charge on any atom is 0.326 e. The van der Waals surface area contributed by atoms with Crippen LogP contribution in [0.2, 0.25) is 0 Å². The Morgan fingerprint density at radius 2 is 1.88 bits per heavy atom. The van der Waals surface area contributed by atoms with Crippen LogP contribution in [0.15, 0.2) is 0 Å². The summed E-state index contributed by atoms with van der Waals surface area (Å²) in [5, 5.41) is 15.6. The van der Waals surface area contributed by atoms with Crippen LogP contribution in [0.5, 0.6) is 0 Å². The third kappa shape index (κ3) is 4.89. The van der Waals surface area contributed by atoms with Crippen molar-refractivity contribution in [1.29, 1.82) is 0 Å². The van der Waals surface area contributed by atoms with Crippen LogP contribution in [0.1, 0.15) is 46.0 Å². The van der Waals surface area contributed by atoms with Gasteiger partial charge in [0.05, 0.1) is 0 Å². The van der Waals surface area contributed by atoms with Crippen LogP contribution in [0.3, 0.4) is 0 Å². The molecule has 0 spiro atoms. The maximum absolute atomic E-state index is 11.0. The molecule has 0 amide bonds. The number of hydrogen-bond donors (Lipinski definition) is 3. The summed E-state index contributed by atoms with van der Waals surface area (Å²) < 4.78 is 0. The molecule has 98 valence electrons. The fourth-order valence-corrected chi connectivity index (χ4v) is 2.42. The van der Waals surface area contributed by atoms with Crippen molar-refractivity contribution in [2.45, 2.75) is 58.0 Å². The third-order valence-electron chi connectivity index (χ3n) is 3.16. The highest BCUT2D eigenvalue weighted by molar-refractivity contribution is 7.80. The number of thiocarbonyl (C=S) groups is 1. The van der Waals surface area contributed by atoms with Crippen molar-refractivity contribution in [1.82, 2.24) is 10.6 Å². The number of carboxylic acids is 1. The quantitative estimate of drug-likeness (QED) is 0.672. The van der Waals surface area contributed by atoms with E-state index in [9.17, 15) is 4.79 Å². The summed E-state index contributed by atoms with van der Waals surface area (Å²) in [6.45, 7) is 3.74. The SMILES string of the molecule is CC(C)C(NC(=S)NC1CCCCC1)C(=O)O. The largest absolute Gasteiger partial charge is 0.480 e. The zero-order valence-electron chi connectivity index (χ0n) is 10.5. The lowest BCUT2D eigenvalue weighted by atomic mass is 9.96. The molecule has 4 nitrogen and oxygen atoms in total. The molecular weight excluding hydrogens is 236 g/mol. The molecule has 5 heteroatoms. The fraction of sp³-hybridized carbons (Fsp3) is 0.833. The van der Waals surface area contributed by atoms with Gasteiger partial charge in [-0.1, -0.05) is 33.1 Å². The lowest BCUT2D eigenvalue weighted by molar-refractivity contribution is -0.140. The lowest BCUT2D eigenvalue weighted by Gasteiger charge is -2.26. The first-order valence-electron chi connectivity index (χ1n) is 6.30. The molecule has 17 heavy (non-hydrogen) atoms. The average molecular weight is 258 g/mol. The molecule has 3 N–H and O–H groups in total. The predicted molar refractivity (Wildman–Crippen MR) is 72.0 cm³/mol. The summed E-state index contributed by atoms with van der Waals surface area (Å²) in [6.07, 6.45) is 6.00. The van der Waals surface area contributed by atoms with Crippen molar-refractivity contribution in [3.63, 3.8) is 0 Å². The van der Waals surface area contributed by atoms with E-state index in [-0.39, 0.29) is 5.92 Å². The second-order valence-electron chi connectivity index (χ2n) is 5.01. The van der Waals surface area contributed by atoms with Gasteiger partial charge in [0.2, 0.25) is 0 Å². The van der Waals surface area contributed by atoms with E-state index in [1.54, 1.807) is 0 Å². The van der Waals surface area contributed by atoms with Gasteiger partial charge in [-0.3, -0.25) is 0 Å². The number of nitrogens with one attached hydrogen (secondary N) is 2. The van der Waals surface area contributed by atoms with Gasteiger partial charge in [0.25, 0.3) is 0 Å². The summed E-state index contributed by atoms with van der Waals surface area (Å²) in [6, 6.07) is -0.205. The molecule has 0 radical (unpaired) electrons. The Kier molecular flexibility index (Phi) is 5.68. The zero-order valence-corrected chi connectivity index (χ0v) is 11.3. The fourth-order valence-electron chi connectivity index (χ4n) is 2.13. The van der Waals surface area contributed by atoms with Gasteiger partial charge in [-0.2, -0.15) is 0 Å². The molecule has 1 atom stereocenters. The van der Waals surface area contributed by atoms with Gasteiger partial charge in [-0.15, -0.1) is 0 Å². The molecule has 1 saturated carbocycles. The minimum atomic E-state index is -0.854. The molecule has 0 saturated heterocycles. The van der Waals surface area contributed by atoms with Crippen molar-refractivity contribution in [3.8, 4) is 0 Å². The van der Waals surface area contributed by atoms with Gasteiger partial charge in [0.15, 0.2) is 5.11 Å². The minimum absolute atomic E-state index is 0.0126. The lowest BCUT2D eigenvalue weighted by Crippen LogP contribution is -2.51. The van der Waals surface area contributed by atoms with E-state index in [2.05, 4.69) is 10.6 Å². The van der Waals surface area contributed by atoms with Crippen LogP contribution in [0, 0.1) is 5.92 Å². The maximum atomic E-state index is 11.0. The first kappa shape index (κ1) is 14.2. The summed E-state index contributed by atoms with van der Waals surface area (Å²) in [4.78, 5) is 11.0. The average Bonchev–Trinajstić information content (AvgIpc) is 2.26. The van der Waals surface area contributed by atoms with Crippen LogP contribution in [0.25, 0.3) is 0 Å². The van der Waals surface area contributed by atoms with Gasteiger partial charge >= 0.3 is 5.97 Å². The van der Waals surface area contributed by atoms with E-state index in [1.165, 1.54) is 19.3 Å². The summed E-state index contributed by atoms with van der Waals surface area (Å²) >= 11 is 5.16. The first-order valence-corrected chi connectivity index (χ1v) is 6.71. The van der Waals surface area contributed by atoms with Crippen LogP contribution in [-0.2, 0) is 4.79 Å². The molecule has 0 heterocycles. The number of aliphatic carboxylic acids is 1. The van der Waals surface area contributed by atoms with Crippen molar-refractivity contribution >= 4 is 23.3 Å². The number of carboxylic acid groups (broad SMARTS) is 1. The predicted octanol–water partition coefficient (Wildman–Crippen LogP) is 1.89. The first-order chi connectivity index (χ1) is 8.00. The highest BCUT2D eigenvalue weighted by Crippen LogP contribution is 2.17. The van der Waals surface area contributed by atoms with E-state index >= 15 is 0 Å². The highest BCUT2D eigenvalue weighted by Gasteiger charge is 2.23. The number of carbonyl (C=O) groups is 1. The summed E-state index contributed by atoms with van der Waals surface area (Å²) in [5.74, 6) is -0.841. The third-order valence-corrected chi connectivity index (χ3v) is 3.40. The molecular formula is C12H22N2O2S. The molecule has 1 unspecified atom stereocenters. The Morgan fingerprint density at radius 1 is 1.29 bits per heavy atom. The molecule has 0 aromatic carbocycles.